The van der Waals surface area contributed by atoms with Gasteiger partial charge < -0.3 is 39.4 Å². The van der Waals surface area contributed by atoms with Crippen LogP contribution >= 0.6 is 0 Å². The Labute approximate surface area is 222 Å². The Bertz CT molecular complexity index is 1020. The fourth-order valence-electron chi connectivity index (χ4n) is 3.55. The SMILES string of the molecule is N#Cc1c(COCCO)cc(C#Cc2cc(COCCO)c(C#N)c(COCCO)c2)cc1COCCO. The molecule has 0 amide bonds. The van der Waals surface area contributed by atoms with Gasteiger partial charge >= 0.3 is 0 Å². The summed E-state index contributed by atoms with van der Waals surface area (Å²) in [6.07, 6.45) is 0. The van der Waals surface area contributed by atoms with Crippen LogP contribution in [0.15, 0.2) is 24.3 Å². The molecule has 0 fully saturated rings. The topological polar surface area (TPSA) is 165 Å². The van der Waals surface area contributed by atoms with E-state index in [4.69, 9.17) is 39.4 Å². The third-order valence-corrected chi connectivity index (χ3v) is 5.15. The minimum absolute atomic E-state index is 0.0987. The Morgan fingerprint density at radius 3 is 0.974 bits per heavy atom. The second-order valence-corrected chi connectivity index (χ2v) is 7.92. The van der Waals surface area contributed by atoms with E-state index in [-0.39, 0.29) is 79.3 Å². The van der Waals surface area contributed by atoms with E-state index in [0.29, 0.717) is 44.5 Å². The average Bonchev–Trinajstić information content (AvgIpc) is 2.92. The van der Waals surface area contributed by atoms with E-state index in [1.807, 2.05) is 0 Å². The lowest BCUT2D eigenvalue weighted by Gasteiger charge is -2.12. The summed E-state index contributed by atoms with van der Waals surface area (Å²) in [7, 11) is 0. The molecular formula is C28H32N2O8. The molecule has 0 atom stereocenters. The maximum Gasteiger partial charge on any atom is 0.0999 e. The molecule has 0 aromatic heterocycles. The van der Waals surface area contributed by atoms with Crippen molar-refractivity contribution in [2.24, 2.45) is 0 Å². The van der Waals surface area contributed by atoms with Crippen LogP contribution in [0, 0.1) is 34.5 Å². The van der Waals surface area contributed by atoms with Crippen LogP contribution < -0.4 is 0 Å². The summed E-state index contributed by atoms with van der Waals surface area (Å²) in [6, 6.07) is 11.3. The maximum absolute atomic E-state index is 9.72. The number of hydrogen-bond donors (Lipinski definition) is 4. The highest BCUT2D eigenvalue weighted by molar-refractivity contribution is 5.55. The largest absolute Gasteiger partial charge is 0.394 e. The molecule has 0 aliphatic carbocycles. The molecule has 2 aromatic rings. The zero-order valence-corrected chi connectivity index (χ0v) is 21.1. The van der Waals surface area contributed by atoms with E-state index in [1.165, 1.54) is 0 Å². The van der Waals surface area contributed by atoms with Crippen LogP contribution in [0.5, 0.6) is 0 Å². The van der Waals surface area contributed by atoms with Gasteiger partial charge in [-0.2, -0.15) is 10.5 Å². The first-order valence-electron chi connectivity index (χ1n) is 12.0. The fraction of sp³-hybridized carbons (Fsp3) is 0.429. The van der Waals surface area contributed by atoms with Gasteiger partial charge in [-0.3, -0.25) is 0 Å². The third-order valence-electron chi connectivity index (χ3n) is 5.15. The van der Waals surface area contributed by atoms with Crippen molar-refractivity contribution in [1.29, 1.82) is 10.5 Å². The first-order chi connectivity index (χ1) is 18.6. The number of rotatable bonds is 16. The zero-order chi connectivity index (χ0) is 27.6. The highest BCUT2D eigenvalue weighted by atomic mass is 16.5. The standard InChI is InChI=1S/C28H32N2O8/c29-15-27-23(17-35-7-3-31)11-21(12-24(27)18-36-8-4-32)1-2-22-13-25(19-37-9-5-33)28(16-30)26(14-22)20-38-10-6-34/h11-14,31-34H,3-10,17-20H2. The quantitative estimate of drug-likeness (QED) is 0.183. The van der Waals surface area contributed by atoms with E-state index in [9.17, 15) is 10.5 Å². The van der Waals surface area contributed by atoms with Crippen molar-refractivity contribution in [2.75, 3.05) is 52.9 Å². The van der Waals surface area contributed by atoms with Crippen molar-refractivity contribution in [3.8, 4) is 24.0 Å². The van der Waals surface area contributed by atoms with Crippen LogP contribution in [0.3, 0.4) is 0 Å². The van der Waals surface area contributed by atoms with Gasteiger partial charge in [0.05, 0.1) is 103 Å². The van der Waals surface area contributed by atoms with Gasteiger partial charge in [0.25, 0.3) is 0 Å². The van der Waals surface area contributed by atoms with Crippen LogP contribution in [0.1, 0.15) is 44.5 Å². The second kappa shape index (κ2) is 18.0. The molecule has 4 N–H and O–H groups in total. The van der Waals surface area contributed by atoms with E-state index >= 15 is 0 Å². The lowest BCUT2D eigenvalue weighted by atomic mass is 9.97. The number of ether oxygens (including phenoxy) is 4. The summed E-state index contributed by atoms with van der Waals surface area (Å²) in [5.41, 5.74) is 4.31. The molecular weight excluding hydrogens is 492 g/mol. The summed E-state index contributed by atoms with van der Waals surface area (Å²) >= 11 is 0. The lowest BCUT2D eigenvalue weighted by Crippen LogP contribution is -2.07. The van der Waals surface area contributed by atoms with Crippen molar-refractivity contribution < 1.29 is 39.4 Å². The Morgan fingerprint density at radius 1 is 0.500 bits per heavy atom. The molecule has 2 aromatic carbocycles. The van der Waals surface area contributed by atoms with Gasteiger partial charge in [-0.25, -0.2) is 0 Å². The Morgan fingerprint density at radius 2 is 0.763 bits per heavy atom. The Balaban J connectivity index is 2.50. The number of nitriles is 2. The van der Waals surface area contributed by atoms with E-state index in [1.54, 1.807) is 24.3 Å². The molecule has 10 nitrogen and oxygen atoms in total. The normalized spacial score (nSPS) is 10.5. The van der Waals surface area contributed by atoms with Gasteiger partial charge in [-0.1, -0.05) is 11.8 Å². The zero-order valence-electron chi connectivity index (χ0n) is 21.1. The second-order valence-electron chi connectivity index (χ2n) is 7.92. The number of nitrogens with zero attached hydrogens (tertiary/aromatic N) is 2. The van der Waals surface area contributed by atoms with Gasteiger partial charge in [0.1, 0.15) is 0 Å². The number of aliphatic hydroxyl groups excluding tert-OH is 4. The fourth-order valence-corrected chi connectivity index (χ4v) is 3.55. The predicted octanol–water partition coefficient (Wildman–Crippen LogP) is 0.865. The van der Waals surface area contributed by atoms with E-state index < -0.39 is 0 Å². The maximum atomic E-state index is 9.72. The minimum Gasteiger partial charge on any atom is -0.394 e. The summed E-state index contributed by atoms with van der Waals surface area (Å²) in [4.78, 5) is 0. The molecule has 0 aliphatic heterocycles. The summed E-state index contributed by atoms with van der Waals surface area (Å²) in [6.45, 7) is 0.252. The van der Waals surface area contributed by atoms with Crippen LogP contribution in [0.4, 0.5) is 0 Å². The van der Waals surface area contributed by atoms with Crippen LogP contribution in [-0.4, -0.2) is 73.3 Å². The summed E-state index contributed by atoms with van der Waals surface area (Å²) in [5.74, 6) is 6.17. The Hall–Kier alpha value is -3.34. The van der Waals surface area contributed by atoms with E-state index in [0.717, 1.165) is 0 Å². The van der Waals surface area contributed by atoms with Crippen LogP contribution in [0.25, 0.3) is 0 Å². The summed E-state index contributed by atoms with van der Waals surface area (Å²) < 4.78 is 21.7. The highest BCUT2D eigenvalue weighted by Gasteiger charge is 2.13. The van der Waals surface area contributed by atoms with Crippen molar-refractivity contribution in [3.63, 3.8) is 0 Å². The molecule has 202 valence electrons. The smallest absolute Gasteiger partial charge is 0.0999 e. The molecule has 10 heteroatoms. The summed E-state index contributed by atoms with van der Waals surface area (Å²) in [5, 5.41) is 55.6. The molecule has 0 heterocycles. The molecule has 38 heavy (non-hydrogen) atoms. The molecule has 0 radical (unpaired) electrons. The average molecular weight is 525 g/mol. The number of aliphatic hydroxyl groups is 4. The Kier molecular flexibility index (Phi) is 14.6. The van der Waals surface area contributed by atoms with Gasteiger partial charge in [0.2, 0.25) is 0 Å². The van der Waals surface area contributed by atoms with Crippen molar-refractivity contribution in [1.82, 2.24) is 0 Å². The molecule has 0 saturated heterocycles. The highest BCUT2D eigenvalue weighted by Crippen LogP contribution is 2.21. The van der Waals surface area contributed by atoms with Crippen LogP contribution in [0.2, 0.25) is 0 Å². The van der Waals surface area contributed by atoms with Crippen molar-refractivity contribution in [2.45, 2.75) is 26.4 Å². The molecule has 0 aliphatic rings. The van der Waals surface area contributed by atoms with Crippen molar-refractivity contribution in [3.05, 3.63) is 68.8 Å². The van der Waals surface area contributed by atoms with Crippen LogP contribution in [-0.2, 0) is 45.4 Å². The number of benzene rings is 2. The minimum atomic E-state index is -0.152. The molecule has 0 bridgehead atoms. The molecule has 0 spiro atoms. The first kappa shape index (κ1) is 30.9. The van der Waals surface area contributed by atoms with Gasteiger partial charge in [-0.05, 0) is 46.5 Å². The first-order valence-corrected chi connectivity index (χ1v) is 12.0. The predicted molar refractivity (Wildman–Crippen MR) is 135 cm³/mol. The van der Waals surface area contributed by atoms with Gasteiger partial charge in [-0.15, -0.1) is 0 Å². The van der Waals surface area contributed by atoms with Gasteiger partial charge in [0, 0.05) is 11.1 Å². The third kappa shape index (κ3) is 9.85. The molecule has 2 rings (SSSR count). The van der Waals surface area contributed by atoms with Gasteiger partial charge in [0.15, 0.2) is 0 Å². The molecule has 0 saturated carbocycles. The monoisotopic (exact) mass is 524 g/mol. The lowest BCUT2D eigenvalue weighted by molar-refractivity contribution is 0.0784. The molecule has 0 unspecified atom stereocenters. The van der Waals surface area contributed by atoms with Crippen molar-refractivity contribution >= 4 is 0 Å². The van der Waals surface area contributed by atoms with E-state index in [2.05, 4.69) is 24.0 Å². The number of hydrogen-bond acceptors (Lipinski definition) is 10.